The highest BCUT2D eigenvalue weighted by atomic mass is 35.5. The van der Waals surface area contributed by atoms with Gasteiger partial charge in [-0.05, 0) is 84.8 Å². The van der Waals surface area contributed by atoms with Crippen molar-refractivity contribution < 1.29 is 14.3 Å². The monoisotopic (exact) mass is 457 g/mol. The van der Waals surface area contributed by atoms with Crippen molar-refractivity contribution in [1.82, 2.24) is 4.57 Å². The number of ether oxygens (including phenoxy) is 2. The summed E-state index contributed by atoms with van der Waals surface area (Å²) in [5.41, 5.74) is 4.45. The van der Waals surface area contributed by atoms with Crippen LogP contribution in [0.3, 0.4) is 0 Å². The molecule has 0 aliphatic carbocycles. The molecule has 4 rings (SSSR count). The van der Waals surface area contributed by atoms with Crippen molar-refractivity contribution in [3.8, 4) is 17.2 Å². The van der Waals surface area contributed by atoms with Gasteiger partial charge in [-0.25, -0.2) is 0 Å². The zero-order valence-corrected chi connectivity index (χ0v) is 19.3. The van der Waals surface area contributed by atoms with E-state index in [2.05, 4.69) is 0 Å². The van der Waals surface area contributed by atoms with Gasteiger partial charge in [-0.15, -0.1) is 0 Å². The lowest BCUT2D eigenvalue weighted by Gasteiger charge is -2.12. The van der Waals surface area contributed by atoms with Gasteiger partial charge in [0.2, 0.25) is 0 Å². The van der Waals surface area contributed by atoms with Gasteiger partial charge in [-0.3, -0.25) is 4.79 Å². The van der Waals surface area contributed by atoms with Gasteiger partial charge in [-0.1, -0.05) is 29.8 Å². The summed E-state index contributed by atoms with van der Waals surface area (Å²) in [5.74, 6) is 1.26. The molecule has 33 heavy (non-hydrogen) atoms. The Balaban J connectivity index is 1.46. The molecule has 166 valence electrons. The number of nitrogens with zero attached hydrogens (tertiary/aromatic N) is 1. The summed E-state index contributed by atoms with van der Waals surface area (Å²) in [6.07, 6.45) is 7.31. The molecule has 4 nitrogen and oxygen atoms in total. The third-order valence-electron chi connectivity index (χ3n) is 5.26. The highest BCUT2D eigenvalue weighted by Gasteiger charge is 2.08. The van der Waals surface area contributed by atoms with Crippen molar-refractivity contribution in [1.29, 1.82) is 0 Å². The third-order valence-corrected chi connectivity index (χ3v) is 5.55. The second kappa shape index (κ2) is 10.2. The van der Waals surface area contributed by atoms with Crippen LogP contribution in [0.15, 0.2) is 91.3 Å². The maximum atomic E-state index is 12.6. The molecule has 0 aliphatic heterocycles. The SMILES string of the molecule is COc1ccc(/C=C/C(=O)c2ccc(-n3cccc3)cc2)cc1COc1ccc(C)cc1Cl. The molecule has 0 spiro atoms. The lowest BCUT2D eigenvalue weighted by Crippen LogP contribution is -2.00. The van der Waals surface area contributed by atoms with E-state index in [-0.39, 0.29) is 5.78 Å². The summed E-state index contributed by atoms with van der Waals surface area (Å²) in [7, 11) is 1.62. The van der Waals surface area contributed by atoms with Crippen LogP contribution in [0.5, 0.6) is 11.5 Å². The van der Waals surface area contributed by atoms with Crippen LogP contribution in [0.2, 0.25) is 5.02 Å². The van der Waals surface area contributed by atoms with E-state index in [4.69, 9.17) is 21.1 Å². The standard InChI is InChI=1S/C28H24ClNO3/c1-20-5-13-28(25(29)17-20)33-19-23-18-21(7-14-27(23)32-2)6-12-26(31)22-8-10-24(11-9-22)30-15-3-4-16-30/h3-18H,19H2,1-2H3/b12-6+. The van der Waals surface area contributed by atoms with E-state index in [1.165, 1.54) is 0 Å². The second-order valence-electron chi connectivity index (χ2n) is 7.63. The maximum absolute atomic E-state index is 12.6. The van der Waals surface area contributed by atoms with Crippen LogP contribution in [-0.4, -0.2) is 17.5 Å². The number of methoxy groups -OCH3 is 1. The first kappa shape index (κ1) is 22.4. The topological polar surface area (TPSA) is 40.5 Å². The number of aryl methyl sites for hydroxylation is 1. The van der Waals surface area contributed by atoms with Gasteiger partial charge in [0.05, 0.1) is 12.1 Å². The van der Waals surface area contributed by atoms with E-state index in [0.717, 1.165) is 22.4 Å². The number of ketones is 1. The molecule has 0 unspecified atom stereocenters. The van der Waals surface area contributed by atoms with E-state index >= 15 is 0 Å². The Labute approximate surface area is 198 Å². The summed E-state index contributed by atoms with van der Waals surface area (Å²) < 4.78 is 13.4. The third kappa shape index (κ3) is 5.54. The van der Waals surface area contributed by atoms with Crippen LogP contribution >= 0.6 is 11.6 Å². The molecule has 0 bridgehead atoms. The molecule has 3 aromatic carbocycles. The molecule has 5 heteroatoms. The highest BCUT2D eigenvalue weighted by molar-refractivity contribution is 6.32. The smallest absolute Gasteiger partial charge is 0.185 e. The Morgan fingerprint density at radius 1 is 0.970 bits per heavy atom. The summed E-state index contributed by atoms with van der Waals surface area (Å²) in [6.45, 7) is 2.27. The fourth-order valence-corrected chi connectivity index (χ4v) is 3.76. The fraction of sp³-hybridized carbons (Fsp3) is 0.107. The zero-order chi connectivity index (χ0) is 23.2. The van der Waals surface area contributed by atoms with Gasteiger partial charge >= 0.3 is 0 Å². The fourth-order valence-electron chi connectivity index (χ4n) is 3.47. The predicted molar refractivity (Wildman–Crippen MR) is 133 cm³/mol. The lowest BCUT2D eigenvalue weighted by atomic mass is 10.1. The molecule has 4 aromatic rings. The Morgan fingerprint density at radius 2 is 1.70 bits per heavy atom. The average molecular weight is 458 g/mol. The number of carbonyl (C=O) groups is 1. The Morgan fingerprint density at radius 3 is 2.39 bits per heavy atom. The Bertz CT molecular complexity index is 1280. The first-order chi connectivity index (χ1) is 16.0. The quantitative estimate of drug-likeness (QED) is 0.213. The van der Waals surface area contributed by atoms with E-state index < -0.39 is 0 Å². The molecule has 0 saturated heterocycles. The maximum Gasteiger partial charge on any atom is 0.185 e. The number of allylic oxidation sites excluding steroid dienone is 1. The average Bonchev–Trinajstić information content (AvgIpc) is 3.37. The minimum Gasteiger partial charge on any atom is -0.496 e. The normalized spacial score (nSPS) is 11.0. The zero-order valence-electron chi connectivity index (χ0n) is 18.5. The number of rotatable bonds is 8. The minimum absolute atomic E-state index is 0.0610. The first-order valence-corrected chi connectivity index (χ1v) is 10.9. The number of halogens is 1. The summed E-state index contributed by atoms with van der Waals surface area (Å²) in [4.78, 5) is 12.6. The van der Waals surface area contributed by atoms with Crippen LogP contribution in [0.4, 0.5) is 0 Å². The molecule has 0 atom stereocenters. The van der Waals surface area contributed by atoms with Crippen molar-refractivity contribution >= 4 is 23.5 Å². The van der Waals surface area contributed by atoms with Gasteiger partial charge in [-0.2, -0.15) is 0 Å². The highest BCUT2D eigenvalue weighted by Crippen LogP contribution is 2.28. The Kier molecular flexibility index (Phi) is 6.96. The van der Waals surface area contributed by atoms with E-state index in [9.17, 15) is 4.79 Å². The summed E-state index contributed by atoms with van der Waals surface area (Å²) >= 11 is 6.28. The molecule has 0 N–H and O–H groups in total. The predicted octanol–water partition coefficient (Wildman–Crippen LogP) is 6.92. The Hall–Kier alpha value is -3.76. The van der Waals surface area contributed by atoms with Gasteiger partial charge in [0.25, 0.3) is 0 Å². The van der Waals surface area contributed by atoms with E-state index in [0.29, 0.717) is 28.7 Å². The molecule has 0 saturated carbocycles. The first-order valence-electron chi connectivity index (χ1n) is 10.5. The molecule has 1 aromatic heterocycles. The van der Waals surface area contributed by atoms with Crippen LogP contribution in [0.25, 0.3) is 11.8 Å². The molecular weight excluding hydrogens is 434 g/mol. The minimum atomic E-state index is -0.0610. The number of benzene rings is 3. The van der Waals surface area contributed by atoms with Crippen LogP contribution in [0.1, 0.15) is 27.0 Å². The molecule has 0 amide bonds. The lowest BCUT2D eigenvalue weighted by molar-refractivity contribution is 0.104. The number of hydrogen-bond donors (Lipinski definition) is 0. The van der Waals surface area contributed by atoms with Crippen molar-refractivity contribution in [2.24, 2.45) is 0 Å². The summed E-state index contributed by atoms with van der Waals surface area (Å²) in [5, 5.41) is 0.568. The van der Waals surface area contributed by atoms with E-state index in [1.807, 2.05) is 96.7 Å². The summed E-state index contributed by atoms with van der Waals surface area (Å²) in [6, 6.07) is 22.8. The van der Waals surface area contributed by atoms with Gasteiger partial charge in [0.15, 0.2) is 5.78 Å². The molecular formula is C28H24ClNO3. The second-order valence-corrected chi connectivity index (χ2v) is 8.04. The molecule has 0 aliphatic rings. The van der Waals surface area contributed by atoms with Gasteiger partial charge in [0.1, 0.15) is 18.1 Å². The van der Waals surface area contributed by atoms with Crippen LogP contribution in [-0.2, 0) is 6.61 Å². The van der Waals surface area contributed by atoms with E-state index in [1.54, 1.807) is 19.3 Å². The van der Waals surface area contributed by atoms with Crippen molar-refractivity contribution in [3.05, 3.63) is 119 Å². The number of hydrogen-bond acceptors (Lipinski definition) is 3. The number of aromatic nitrogens is 1. The molecule has 0 fully saturated rings. The molecule has 0 radical (unpaired) electrons. The largest absolute Gasteiger partial charge is 0.496 e. The van der Waals surface area contributed by atoms with Crippen molar-refractivity contribution in [2.45, 2.75) is 13.5 Å². The molecule has 1 heterocycles. The van der Waals surface area contributed by atoms with Gasteiger partial charge < -0.3 is 14.0 Å². The van der Waals surface area contributed by atoms with Crippen molar-refractivity contribution in [3.63, 3.8) is 0 Å². The van der Waals surface area contributed by atoms with Crippen LogP contribution in [0, 0.1) is 6.92 Å². The van der Waals surface area contributed by atoms with Crippen LogP contribution < -0.4 is 9.47 Å². The number of carbonyl (C=O) groups excluding carboxylic acids is 1. The van der Waals surface area contributed by atoms with Crippen molar-refractivity contribution in [2.75, 3.05) is 7.11 Å². The van der Waals surface area contributed by atoms with Gasteiger partial charge in [0, 0.05) is 29.2 Å².